The summed E-state index contributed by atoms with van der Waals surface area (Å²) in [4.78, 5) is 25.7. The van der Waals surface area contributed by atoms with Crippen LogP contribution in [0.5, 0.6) is 0 Å². The van der Waals surface area contributed by atoms with E-state index in [0.29, 0.717) is 5.69 Å². The molecule has 6 heteroatoms. The minimum atomic E-state index is -0.337. The first-order valence-electron chi connectivity index (χ1n) is 17.0. The molecule has 0 aliphatic carbocycles. The van der Waals surface area contributed by atoms with Gasteiger partial charge in [0.15, 0.2) is 11.5 Å². The quantitative estimate of drug-likeness (QED) is 0.0982. The van der Waals surface area contributed by atoms with E-state index in [1.807, 2.05) is 79.8 Å². The fraction of sp³-hybridized carbons (Fsp3) is 0.395. The first kappa shape index (κ1) is 41.3. The molecule has 0 saturated heterocycles. The summed E-state index contributed by atoms with van der Waals surface area (Å²) < 4.78 is 0. The van der Waals surface area contributed by atoms with Crippen molar-refractivity contribution < 1.29 is 30.0 Å². The molecule has 5 nitrogen and oxygen atoms in total. The third-order valence-corrected chi connectivity index (χ3v) is 9.90. The molecule has 0 unspecified atom stereocenters. The third-order valence-electron chi connectivity index (χ3n) is 9.90. The van der Waals surface area contributed by atoms with Crippen LogP contribution in [-0.4, -0.2) is 20.9 Å². The van der Waals surface area contributed by atoms with Crippen LogP contribution in [-0.2, 0) is 24.9 Å². The average Bonchev–Trinajstić information content (AvgIpc) is 3.06. The van der Waals surface area contributed by atoms with Crippen LogP contribution in [0, 0.1) is 58.1 Å². The van der Waals surface area contributed by atoms with Gasteiger partial charge in [0.2, 0.25) is 0 Å². The van der Waals surface area contributed by atoms with E-state index in [9.17, 15) is 9.90 Å². The van der Waals surface area contributed by atoms with E-state index in [2.05, 4.69) is 62.0 Å². The largest absolute Gasteiger partial charge is 0.512 e. The van der Waals surface area contributed by atoms with Crippen molar-refractivity contribution >= 4 is 11.5 Å². The number of hydrogen-bond donors (Lipinski definition) is 1. The summed E-state index contributed by atoms with van der Waals surface area (Å²) in [7, 11) is 0. The van der Waals surface area contributed by atoms with Crippen LogP contribution in [0.3, 0.4) is 0 Å². The molecule has 0 spiro atoms. The molecule has 49 heavy (non-hydrogen) atoms. The second-order valence-electron chi connectivity index (χ2n) is 13.6. The Kier molecular flexibility index (Phi) is 14.9. The van der Waals surface area contributed by atoms with E-state index >= 15 is 0 Å². The van der Waals surface area contributed by atoms with Crippen LogP contribution < -0.4 is 0 Å². The molecule has 0 atom stereocenters. The van der Waals surface area contributed by atoms with Crippen molar-refractivity contribution in [1.29, 1.82) is 0 Å². The summed E-state index contributed by atoms with van der Waals surface area (Å²) in [5.74, 6) is 0.286. The number of carbonyl (C=O) groups excluding carboxylic acids is 1. The van der Waals surface area contributed by atoms with Crippen LogP contribution >= 0.6 is 0 Å². The Morgan fingerprint density at radius 1 is 0.837 bits per heavy atom. The van der Waals surface area contributed by atoms with Gasteiger partial charge in [-0.05, 0) is 69.2 Å². The van der Waals surface area contributed by atoms with Gasteiger partial charge in [0.05, 0.1) is 18.0 Å². The molecular weight excluding hydrogens is 783 g/mol. The van der Waals surface area contributed by atoms with Gasteiger partial charge >= 0.3 is 0 Å². The maximum Gasteiger partial charge on any atom is 0.187 e. The monoisotopic (exact) mass is 835 g/mol. The van der Waals surface area contributed by atoms with E-state index in [-0.39, 0.29) is 42.5 Å². The SMILES string of the molecule is CCC(C)(CC)C(=O)/C=C(\O)C(C)(CC)CC.[C-]#[N+]c1ccc(C)c(-c2cnc(-c3[c-]c(C)cc(C)c3)c(-c3cc(C)cc(C)c3)n2)c1.[Ir]. The zero-order valence-electron chi connectivity index (χ0n) is 31.1. The van der Waals surface area contributed by atoms with Gasteiger partial charge in [-0.2, -0.15) is 0 Å². The molecule has 4 rings (SSSR count). The molecule has 1 aromatic heterocycles. The summed E-state index contributed by atoms with van der Waals surface area (Å²) in [5, 5.41) is 10.1. The number of benzene rings is 3. The van der Waals surface area contributed by atoms with Crippen molar-refractivity contribution in [2.24, 2.45) is 10.8 Å². The maximum absolute atomic E-state index is 12.2. The predicted octanol–water partition coefficient (Wildman–Crippen LogP) is 12.0. The van der Waals surface area contributed by atoms with Gasteiger partial charge in [-0.3, -0.25) is 9.78 Å². The second-order valence-corrected chi connectivity index (χ2v) is 13.6. The Morgan fingerprint density at radius 3 is 1.94 bits per heavy atom. The van der Waals surface area contributed by atoms with Gasteiger partial charge in [0.1, 0.15) is 5.76 Å². The van der Waals surface area contributed by atoms with Gasteiger partial charge in [-0.1, -0.05) is 96.8 Å². The number of aliphatic hydroxyl groups excluding tert-OH is 1. The Bertz CT molecular complexity index is 1800. The first-order chi connectivity index (χ1) is 22.6. The number of nitrogens with zero attached hydrogens (tertiary/aromatic N) is 3. The molecule has 4 aromatic rings. The molecule has 3 aromatic carbocycles. The molecule has 0 amide bonds. The second kappa shape index (κ2) is 17.7. The van der Waals surface area contributed by atoms with Gasteiger partial charge in [-0.25, -0.2) is 4.85 Å². The Balaban J connectivity index is 0.000000398. The molecule has 0 bridgehead atoms. The van der Waals surface area contributed by atoms with Crippen LogP contribution in [0.1, 0.15) is 95.0 Å². The van der Waals surface area contributed by atoms with Gasteiger partial charge in [0, 0.05) is 48.9 Å². The summed E-state index contributed by atoms with van der Waals surface area (Å²) >= 11 is 0. The van der Waals surface area contributed by atoms with E-state index in [1.165, 1.54) is 22.8 Å². The molecule has 0 fully saturated rings. The minimum absolute atomic E-state index is 0. The molecule has 1 heterocycles. The van der Waals surface area contributed by atoms with Gasteiger partial charge in [0.25, 0.3) is 0 Å². The summed E-state index contributed by atoms with van der Waals surface area (Å²) in [5.41, 5.74) is 11.0. The Labute approximate surface area is 308 Å². The van der Waals surface area contributed by atoms with E-state index in [1.54, 1.807) is 0 Å². The molecule has 0 aliphatic heterocycles. The Hall–Kier alpha value is -3.91. The maximum atomic E-state index is 12.2. The summed E-state index contributed by atoms with van der Waals surface area (Å²) in [6.45, 7) is 29.8. The topological polar surface area (TPSA) is 67.4 Å². The number of rotatable bonds is 10. The van der Waals surface area contributed by atoms with Crippen molar-refractivity contribution in [3.05, 3.63) is 112 Å². The fourth-order valence-corrected chi connectivity index (χ4v) is 5.69. The predicted molar refractivity (Wildman–Crippen MR) is 200 cm³/mol. The Morgan fingerprint density at radius 2 is 1.41 bits per heavy atom. The molecule has 1 N–H and O–H groups in total. The summed E-state index contributed by atoms with van der Waals surface area (Å²) in [6.07, 6.45) is 6.56. The van der Waals surface area contributed by atoms with Crippen LogP contribution in [0.15, 0.2) is 66.6 Å². The number of carbonyl (C=O) groups is 1. The van der Waals surface area contributed by atoms with Crippen LogP contribution in [0.2, 0.25) is 0 Å². The zero-order valence-corrected chi connectivity index (χ0v) is 33.5. The summed E-state index contributed by atoms with van der Waals surface area (Å²) in [6, 6.07) is 19.8. The van der Waals surface area contributed by atoms with Crippen molar-refractivity contribution in [2.75, 3.05) is 0 Å². The molecule has 0 aliphatic rings. The van der Waals surface area contributed by atoms with Crippen molar-refractivity contribution in [3.63, 3.8) is 0 Å². The number of aromatic nitrogens is 2. The molecule has 0 saturated carbocycles. The number of aliphatic hydroxyl groups is 1. The number of allylic oxidation sites excluding steroid dienone is 2. The zero-order chi connectivity index (χ0) is 35.8. The van der Waals surface area contributed by atoms with Crippen LogP contribution in [0.4, 0.5) is 5.69 Å². The number of ketones is 1. The number of aryl methyl sites for hydroxylation is 5. The van der Waals surface area contributed by atoms with Crippen molar-refractivity contribution in [2.45, 2.75) is 102 Å². The van der Waals surface area contributed by atoms with E-state index in [0.717, 1.165) is 70.6 Å². The van der Waals surface area contributed by atoms with Crippen molar-refractivity contribution in [3.8, 4) is 33.8 Å². The molecule has 261 valence electrons. The standard InChI is InChI=1S/C28H24N3.C15H28O2.Ir/c1-17-9-18(2)12-22(11-17)27-28(23-13-19(3)10-20(4)14-23)31-26(16-30-27)25-15-24(29-6)8-7-21(25)5;1-7-14(5,8-2)12(16)11-13(17)15(6,9-3)10-4;/h7-11,13-16H,1-5H3;11,16H,7-10H2,1-6H3;/q-1;;/b;12-11-;. The van der Waals surface area contributed by atoms with Crippen molar-refractivity contribution in [1.82, 2.24) is 9.97 Å². The van der Waals surface area contributed by atoms with Crippen LogP contribution in [0.25, 0.3) is 38.6 Å². The third kappa shape index (κ3) is 10.1. The first-order valence-corrected chi connectivity index (χ1v) is 17.0. The minimum Gasteiger partial charge on any atom is -0.512 e. The van der Waals surface area contributed by atoms with E-state index in [4.69, 9.17) is 16.5 Å². The molecular formula is C43H52IrN3O2-. The van der Waals surface area contributed by atoms with Gasteiger partial charge in [-0.15, -0.1) is 34.9 Å². The molecule has 1 radical (unpaired) electrons. The number of hydrogen-bond acceptors (Lipinski definition) is 4. The average molecular weight is 835 g/mol. The van der Waals surface area contributed by atoms with E-state index < -0.39 is 0 Å². The van der Waals surface area contributed by atoms with Gasteiger partial charge < -0.3 is 10.1 Å². The normalized spacial score (nSPS) is 11.6. The smallest absolute Gasteiger partial charge is 0.187 e. The fourth-order valence-electron chi connectivity index (χ4n) is 5.69.